The summed E-state index contributed by atoms with van der Waals surface area (Å²) < 4.78 is 11.0. The second-order valence-corrected chi connectivity index (χ2v) is 7.28. The Kier molecular flexibility index (Phi) is 6.74. The molecule has 28 heavy (non-hydrogen) atoms. The zero-order valence-corrected chi connectivity index (χ0v) is 16.6. The number of piperidine rings is 1. The Morgan fingerprint density at radius 3 is 2.50 bits per heavy atom. The lowest BCUT2D eigenvalue weighted by Crippen LogP contribution is -2.46. The molecule has 6 heteroatoms. The molecule has 150 valence electrons. The van der Waals surface area contributed by atoms with E-state index in [-0.39, 0.29) is 17.9 Å². The largest absolute Gasteiger partial charge is 0.493 e. The lowest BCUT2D eigenvalue weighted by molar-refractivity contribution is -0.132. The maximum absolute atomic E-state index is 12.4. The maximum Gasteiger partial charge on any atom is 0.287 e. The Bertz CT molecular complexity index is 773. The van der Waals surface area contributed by atoms with Crippen LogP contribution in [0, 0.1) is 13.8 Å². The zero-order valence-electron chi connectivity index (χ0n) is 16.6. The quantitative estimate of drug-likeness (QED) is 0.742. The standard InChI is InChI=1S/C22H28N2O4/c1-16-6-3-7-17(2)21(16)28-15-5-9-20(25)24-12-10-18(11-13-24)23-22(26)19-8-4-14-27-19/h3-4,6-8,14,18H,5,9-13,15H2,1-2H3,(H,23,26). The normalized spacial score (nSPS) is 14.7. The van der Waals surface area contributed by atoms with Crippen molar-refractivity contribution in [1.82, 2.24) is 10.2 Å². The molecule has 0 saturated carbocycles. The van der Waals surface area contributed by atoms with Crippen LogP contribution in [-0.4, -0.2) is 42.5 Å². The van der Waals surface area contributed by atoms with Crippen LogP contribution in [0.15, 0.2) is 41.0 Å². The van der Waals surface area contributed by atoms with Crippen LogP contribution < -0.4 is 10.1 Å². The molecule has 2 heterocycles. The van der Waals surface area contributed by atoms with Gasteiger partial charge in [-0.05, 0) is 56.4 Å². The highest BCUT2D eigenvalue weighted by Gasteiger charge is 2.24. The molecular formula is C22H28N2O4. The van der Waals surface area contributed by atoms with E-state index in [1.165, 1.54) is 6.26 Å². The fourth-order valence-corrected chi connectivity index (χ4v) is 3.52. The van der Waals surface area contributed by atoms with E-state index in [1.807, 2.05) is 36.9 Å². The second-order valence-electron chi connectivity index (χ2n) is 7.28. The van der Waals surface area contributed by atoms with E-state index >= 15 is 0 Å². The zero-order chi connectivity index (χ0) is 19.9. The summed E-state index contributed by atoms with van der Waals surface area (Å²) in [5, 5.41) is 2.97. The van der Waals surface area contributed by atoms with Gasteiger partial charge in [-0.15, -0.1) is 0 Å². The van der Waals surface area contributed by atoms with Gasteiger partial charge in [-0.25, -0.2) is 0 Å². The molecule has 1 aliphatic heterocycles. The van der Waals surface area contributed by atoms with E-state index in [4.69, 9.17) is 9.15 Å². The number of nitrogens with one attached hydrogen (secondary N) is 1. The van der Waals surface area contributed by atoms with Crippen LogP contribution in [0.4, 0.5) is 0 Å². The molecule has 3 rings (SSSR count). The fourth-order valence-electron chi connectivity index (χ4n) is 3.52. The molecule has 1 fully saturated rings. The summed E-state index contributed by atoms with van der Waals surface area (Å²) >= 11 is 0. The number of amides is 2. The molecule has 1 saturated heterocycles. The van der Waals surface area contributed by atoms with Crippen molar-refractivity contribution in [3.05, 3.63) is 53.5 Å². The van der Waals surface area contributed by atoms with Crippen molar-refractivity contribution in [3.8, 4) is 5.75 Å². The number of nitrogens with zero attached hydrogens (tertiary/aromatic N) is 1. The van der Waals surface area contributed by atoms with Crippen LogP contribution in [0.25, 0.3) is 0 Å². The molecule has 0 bridgehead atoms. The van der Waals surface area contributed by atoms with E-state index in [2.05, 4.69) is 5.32 Å². The third kappa shape index (κ3) is 5.15. The highest BCUT2D eigenvalue weighted by molar-refractivity contribution is 5.91. The third-order valence-corrected chi connectivity index (χ3v) is 5.12. The number of rotatable bonds is 7. The van der Waals surface area contributed by atoms with Gasteiger partial charge in [0.1, 0.15) is 5.75 Å². The molecular weight excluding hydrogens is 356 g/mol. The average Bonchev–Trinajstić information content (AvgIpc) is 3.22. The Morgan fingerprint density at radius 2 is 1.86 bits per heavy atom. The molecule has 1 aromatic carbocycles. The molecule has 1 N–H and O–H groups in total. The van der Waals surface area contributed by atoms with Gasteiger partial charge in [0, 0.05) is 25.6 Å². The highest BCUT2D eigenvalue weighted by Crippen LogP contribution is 2.22. The SMILES string of the molecule is Cc1cccc(C)c1OCCCC(=O)N1CCC(NC(=O)c2ccco2)CC1. The average molecular weight is 384 g/mol. The summed E-state index contributed by atoms with van der Waals surface area (Å²) in [7, 11) is 0. The van der Waals surface area contributed by atoms with Gasteiger partial charge in [-0.3, -0.25) is 9.59 Å². The summed E-state index contributed by atoms with van der Waals surface area (Å²) in [5.41, 5.74) is 2.23. The number of carbonyl (C=O) groups excluding carboxylic acids is 2. The number of furan rings is 1. The van der Waals surface area contributed by atoms with Crippen LogP contribution >= 0.6 is 0 Å². The summed E-state index contributed by atoms with van der Waals surface area (Å²) in [6.07, 6.45) is 4.19. The summed E-state index contributed by atoms with van der Waals surface area (Å²) in [6, 6.07) is 9.50. The molecule has 1 aliphatic rings. The van der Waals surface area contributed by atoms with Crippen molar-refractivity contribution in [3.63, 3.8) is 0 Å². The summed E-state index contributed by atoms with van der Waals surface area (Å²) in [6.45, 7) is 5.93. The molecule has 6 nitrogen and oxygen atoms in total. The van der Waals surface area contributed by atoms with Crippen LogP contribution in [0.5, 0.6) is 5.75 Å². The Labute approximate surface area is 165 Å². The third-order valence-electron chi connectivity index (χ3n) is 5.12. The van der Waals surface area contributed by atoms with Gasteiger partial charge in [0.05, 0.1) is 12.9 Å². The molecule has 0 radical (unpaired) electrons. The van der Waals surface area contributed by atoms with E-state index in [0.29, 0.717) is 38.3 Å². The predicted molar refractivity (Wildman–Crippen MR) is 106 cm³/mol. The highest BCUT2D eigenvalue weighted by atomic mass is 16.5. The summed E-state index contributed by atoms with van der Waals surface area (Å²) in [5.74, 6) is 1.20. The molecule has 1 aromatic heterocycles. The van der Waals surface area contributed by atoms with Crippen molar-refractivity contribution < 1.29 is 18.7 Å². The first kappa shape index (κ1) is 20.0. The lowest BCUT2D eigenvalue weighted by atomic mass is 10.0. The fraction of sp³-hybridized carbons (Fsp3) is 0.455. The topological polar surface area (TPSA) is 71.8 Å². The second kappa shape index (κ2) is 9.44. The van der Waals surface area contributed by atoms with Gasteiger partial charge in [-0.2, -0.15) is 0 Å². The summed E-state index contributed by atoms with van der Waals surface area (Å²) in [4.78, 5) is 26.3. The molecule has 0 unspecified atom stereocenters. The maximum atomic E-state index is 12.4. The minimum Gasteiger partial charge on any atom is -0.493 e. The van der Waals surface area contributed by atoms with E-state index < -0.39 is 0 Å². The van der Waals surface area contributed by atoms with Gasteiger partial charge in [-0.1, -0.05) is 18.2 Å². The smallest absolute Gasteiger partial charge is 0.287 e. The lowest BCUT2D eigenvalue weighted by Gasteiger charge is -2.32. The van der Waals surface area contributed by atoms with E-state index in [9.17, 15) is 9.59 Å². The first-order chi connectivity index (χ1) is 13.5. The van der Waals surface area contributed by atoms with Gasteiger partial charge in [0.2, 0.25) is 5.91 Å². The van der Waals surface area contributed by atoms with Crippen LogP contribution in [-0.2, 0) is 4.79 Å². The molecule has 0 atom stereocenters. The number of ether oxygens (including phenoxy) is 1. The first-order valence-electron chi connectivity index (χ1n) is 9.86. The number of para-hydroxylation sites is 1. The molecule has 2 amide bonds. The van der Waals surface area contributed by atoms with Crippen LogP contribution in [0.3, 0.4) is 0 Å². The Hall–Kier alpha value is -2.76. The van der Waals surface area contributed by atoms with Crippen molar-refractivity contribution in [1.29, 1.82) is 0 Å². The molecule has 0 spiro atoms. The van der Waals surface area contributed by atoms with Crippen LogP contribution in [0.1, 0.15) is 47.4 Å². The number of aryl methyl sites for hydroxylation is 2. The number of hydrogen-bond acceptors (Lipinski definition) is 4. The Morgan fingerprint density at radius 1 is 1.14 bits per heavy atom. The minimum atomic E-state index is -0.196. The molecule has 2 aromatic rings. The van der Waals surface area contributed by atoms with Gasteiger partial charge in [0.15, 0.2) is 5.76 Å². The first-order valence-corrected chi connectivity index (χ1v) is 9.86. The number of hydrogen-bond donors (Lipinski definition) is 1. The van der Waals surface area contributed by atoms with Gasteiger partial charge >= 0.3 is 0 Å². The van der Waals surface area contributed by atoms with Gasteiger partial charge in [0.25, 0.3) is 5.91 Å². The van der Waals surface area contributed by atoms with E-state index in [0.717, 1.165) is 29.7 Å². The number of carbonyl (C=O) groups is 2. The Balaban J connectivity index is 1.35. The van der Waals surface area contributed by atoms with Crippen molar-refractivity contribution >= 4 is 11.8 Å². The van der Waals surface area contributed by atoms with Crippen molar-refractivity contribution in [2.45, 2.75) is 45.6 Å². The van der Waals surface area contributed by atoms with Crippen molar-refractivity contribution in [2.24, 2.45) is 0 Å². The molecule has 0 aliphatic carbocycles. The minimum absolute atomic E-state index is 0.0778. The van der Waals surface area contributed by atoms with Crippen molar-refractivity contribution in [2.75, 3.05) is 19.7 Å². The number of benzene rings is 1. The van der Waals surface area contributed by atoms with Crippen LogP contribution in [0.2, 0.25) is 0 Å². The monoisotopic (exact) mass is 384 g/mol. The number of likely N-dealkylation sites (tertiary alicyclic amines) is 1. The predicted octanol–water partition coefficient (Wildman–Crippen LogP) is 3.48. The van der Waals surface area contributed by atoms with Gasteiger partial charge < -0.3 is 19.4 Å². The van der Waals surface area contributed by atoms with E-state index in [1.54, 1.807) is 12.1 Å².